The Hall–Kier alpha value is -3.59. The first kappa shape index (κ1) is 51.4. The van der Waals surface area contributed by atoms with Crippen molar-refractivity contribution in [2.75, 3.05) is 27.3 Å². The van der Waals surface area contributed by atoms with Crippen LogP contribution in [-0.2, 0) is 64.5 Å². The number of benzene rings is 2. The van der Waals surface area contributed by atoms with Gasteiger partial charge in [0, 0.05) is 24.2 Å². The number of hydrogen-bond donors (Lipinski definition) is 2. The van der Waals surface area contributed by atoms with Crippen molar-refractivity contribution < 1.29 is 41.8 Å². The number of halogens is 2. The maximum absolute atomic E-state index is 15.1. The summed E-state index contributed by atoms with van der Waals surface area (Å²) in [5.74, 6) is -2.28. The van der Waals surface area contributed by atoms with Crippen molar-refractivity contribution in [2.45, 2.75) is 146 Å². The Bertz CT molecular complexity index is 1810. The fraction of sp³-hybridized carbons (Fsp3) is 0.562. The number of aromatic nitrogens is 1. The number of rotatable bonds is 14. The van der Waals surface area contributed by atoms with Gasteiger partial charge in [-0.05, 0) is 29.5 Å². The third-order valence-electron chi connectivity index (χ3n) is 12.2. The summed E-state index contributed by atoms with van der Waals surface area (Å²) in [5.41, 5.74) is 3.46. The number of nitrogens with zero attached hydrogens (tertiary/aromatic N) is 5. The molecule has 2 bridgehead atoms. The van der Waals surface area contributed by atoms with Crippen molar-refractivity contribution in [2.24, 2.45) is 0 Å². The van der Waals surface area contributed by atoms with Gasteiger partial charge in [0.1, 0.15) is 12.1 Å². The molecule has 2 heterocycles. The Morgan fingerprint density at radius 1 is 0.656 bits per heavy atom. The summed E-state index contributed by atoms with van der Waals surface area (Å²) in [7, 11) is 12.2. The van der Waals surface area contributed by atoms with E-state index < -0.39 is 35.8 Å². The standard InChI is InChI=1S/C48H63N7O6.2ClH.Mn/c1-4-5-8-21-34-43(45(56)54-39(47(58)60-2)28-32-17-9-6-10-18-32)41-30-51-37-24-15-13-22-35(37)49-26-27-50-36-23-14-16-25-38(36)52-31-42(53-41)44(34)46(57)55-40(48(59)61-3)29-33-19-11-7-12-20-33;;;/h6-7,9-12,17-20,35-40H,4-5,8,13-16,21-31H2,1-3H3,(H,54,56)(H,55,57);2*1H;/q-4;;;+2/p-2/t35-,36?,37-,38?,39+,40+;;;/m1.../s1. The predicted molar refractivity (Wildman–Crippen MR) is 249 cm³/mol. The molecule has 13 nitrogen and oxygen atoms in total. The van der Waals surface area contributed by atoms with Crippen LogP contribution in [0.25, 0.3) is 21.3 Å². The maximum atomic E-state index is 15.1. The molecule has 3 aromatic rings. The minimum atomic E-state index is -1.02. The molecule has 0 saturated heterocycles. The van der Waals surface area contributed by atoms with E-state index in [9.17, 15) is 9.59 Å². The molecule has 16 heteroatoms. The van der Waals surface area contributed by atoms with Crippen molar-refractivity contribution in [1.82, 2.24) is 15.6 Å². The first-order chi connectivity index (χ1) is 31.2. The van der Waals surface area contributed by atoms with E-state index in [0.29, 0.717) is 42.9 Å². The Balaban J connectivity index is 0.00000250. The number of hydrogen-bond acceptors (Lipinski definition) is 7. The molecule has 6 rings (SSSR count). The summed E-state index contributed by atoms with van der Waals surface area (Å²) in [4.78, 5) is 62.0. The second kappa shape index (κ2) is 27.8. The third kappa shape index (κ3) is 15.2. The van der Waals surface area contributed by atoms with Gasteiger partial charge in [-0.3, -0.25) is 14.6 Å². The molecule has 0 spiro atoms. The van der Waals surface area contributed by atoms with Crippen LogP contribution in [0, 0.1) is 0 Å². The number of esters is 2. The molecule has 3 aliphatic rings. The first-order valence-electron chi connectivity index (χ1n) is 22.6. The van der Waals surface area contributed by atoms with Gasteiger partial charge in [-0.25, -0.2) is 9.59 Å². The van der Waals surface area contributed by atoms with Gasteiger partial charge in [-0.2, -0.15) is 37.3 Å². The second-order valence-corrected chi connectivity index (χ2v) is 18.5. The summed E-state index contributed by atoms with van der Waals surface area (Å²) in [6.45, 7) is 3.59. The fourth-order valence-electron chi connectivity index (χ4n) is 9.04. The van der Waals surface area contributed by atoms with E-state index in [2.05, 4.69) is 17.6 Å². The van der Waals surface area contributed by atoms with E-state index in [4.69, 9.17) is 55.9 Å². The van der Waals surface area contributed by atoms with Gasteiger partial charge in [0.15, 0.2) is 0 Å². The zero-order chi connectivity index (χ0) is 45.7. The average molecular weight is 960 g/mol. The molecule has 2 fully saturated rings. The van der Waals surface area contributed by atoms with Crippen LogP contribution in [0.4, 0.5) is 0 Å². The molecule has 1 aliphatic heterocycles. The molecule has 6 atom stereocenters. The molecule has 2 unspecified atom stereocenters. The van der Waals surface area contributed by atoms with Crippen molar-refractivity contribution >= 4 is 43.9 Å². The molecule has 351 valence electrons. The molecular weight excluding hydrogens is 896 g/mol. The number of pyridine rings is 1. The van der Waals surface area contributed by atoms with E-state index in [1.165, 1.54) is 14.2 Å². The van der Waals surface area contributed by atoms with Crippen molar-refractivity contribution in [3.05, 3.63) is 121 Å². The van der Waals surface area contributed by atoms with Crippen molar-refractivity contribution in [3.8, 4) is 0 Å². The Labute approximate surface area is 394 Å². The Morgan fingerprint density at radius 3 is 1.42 bits per heavy atom. The fourth-order valence-corrected chi connectivity index (χ4v) is 9.04. The Morgan fingerprint density at radius 2 is 1.05 bits per heavy atom. The molecule has 2 N–H and O–H groups in total. The molecular formula is C48H63Cl2MnN7O6-4. The SMILES string of the molecule is CCCCCc1c(C(=O)N[C@@H](Cc2ccccc2)C(=O)OC)c2nc(c1C(=O)N[C@@H](Cc1ccccc1)C(=O)OC)C[N-][C@@H]1CCCC[C@H]1[N-]CC[N-]C1CCCCC1[N-]C2.[Cl][Mn][Cl]. The zero-order valence-electron chi connectivity index (χ0n) is 37.3. The number of carbonyl (C=O) groups is 4. The molecule has 2 saturated carbocycles. The number of ether oxygens (including phenoxy) is 2. The molecule has 2 amide bonds. The first-order valence-corrected chi connectivity index (χ1v) is 25.9. The van der Waals surface area contributed by atoms with Crippen molar-refractivity contribution in [1.29, 1.82) is 0 Å². The van der Waals surface area contributed by atoms with Gasteiger partial charge in [-0.15, -0.1) is 13.1 Å². The number of carbonyl (C=O) groups excluding carboxylic acids is 4. The van der Waals surface area contributed by atoms with E-state index in [1.54, 1.807) is 0 Å². The van der Waals surface area contributed by atoms with Crippen LogP contribution < -0.4 is 10.6 Å². The third-order valence-corrected chi connectivity index (χ3v) is 12.2. The van der Waals surface area contributed by atoms with Crippen LogP contribution in [0.2, 0.25) is 0 Å². The normalized spacial score (nSPS) is 21.1. The van der Waals surface area contributed by atoms with Gasteiger partial charge in [0.2, 0.25) is 0 Å². The monoisotopic (exact) mass is 958 g/mol. The van der Waals surface area contributed by atoms with Crippen LogP contribution >= 0.6 is 20.2 Å². The van der Waals surface area contributed by atoms with Gasteiger partial charge < -0.3 is 41.4 Å². The quantitative estimate of drug-likeness (QED) is 0.0918. The zero-order valence-corrected chi connectivity index (χ0v) is 40.0. The molecule has 64 heavy (non-hydrogen) atoms. The van der Waals surface area contributed by atoms with Crippen LogP contribution in [0.3, 0.4) is 0 Å². The average Bonchev–Trinajstić information content (AvgIpc) is 3.32. The number of nitrogens with one attached hydrogen (secondary N) is 2. The topological polar surface area (TPSA) is 180 Å². The van der Waals surface area contributed by atoms with E-state index in [-0.39, 0.29) is 74.4 Å². The minimum absolute atomic E-state index is 0.00694. The number of methoxy groups -OCH3 is 2. The van der Waals surface area contributed by atoms with E-state index >= 15 is 9.59 Å². The second-order valence-electron chi connectivity index (χ2n) is 16.6. The van der Waals surface area contributed by atoms with Crippen LogP contribution in [-0.4, -0.2) is 92.3 Å². The molecule has 1 aromatic heterocycles. The van der Waals surface area contributed by atoms with Gasteiger partial charge in [0.05, 0.1) is 25.3 Å². The number of fused-ring (bicyclic) bond motifs is 4. The predicted octanol–water partition coefficient (Wildman–Crippen LogP) is 9.35. The van der Waals surface area contributed by atoms with Gasteiger partial charge >= 0.3 is 45.3 Å². The van der Waals surface area contributed by atoms with Crippen LogP contribution in [0.5, 0.6) is 0 Å². The molecule has 2 aromatic carbocycles. The summed E-state index contributed by atoms with van der Waals surface area (Å²) in [5, 5.41) is 26.7. The van der Waals surface area contributed by atoms with Gasteiger partial charge in [-0.1, -0.05) is 132 Å². The van der Waals surface area contributed by atoms with Crippen LogP contribution in [0.1, 0.15) is 126 Å². The summed E-state index contributed by atoms with van der Waals surface area (Å²) in [6, 6.07) is 16.8. The summed E-state index contributed by atoms with van der Waals surface area (Å²) >= 11 is 0.00694. The van der Waals surface area contributed by atoms with E-state index in [0.717, 1.165) is 75.3 Å². The summed E-state index contributed by atoms with van der Waals surface area (Å²) in [6.07, 6.45) is 11.0. The van der Waals surface area contributed by atoms with E-state index in [1.807, 2.05) is 60.7 Å². The summed E-state index contributed by atoms with van der Waals surface area (Å²) < 4.78 is 10.4. The van der Waals surface area contributed by atoms with Crippen molar-refractivity contribution in [3.63, 3.8) is 0 Å². The van der Waals surface area contributed by atoms with Crippen LogP contribution in [0.15, 0.2) is 60.7 Å². The van der Waals surface area contributed by atoms with Gasteiger partial charge in [0.25, 0.3) is 11.8 Å². The Kier molecular flexibility index (Phi) is 22.3. The number of unbranched alkanes of at least 4 members (excludes halogenated alkanes) is 2. The number of amides is 2. The molecule has 2 aliphatic carbocycles. The molecule has 0 radical (unpaired) electrons.